The van der Waals surface area contributed by atoms with Crippen LogP contribution in [0.2, 0.25) is 0 Å². The first-order chi connectivity index (χ1) is 15.2. The number of aryl methyl sites for hydroxylation is 3. The Hall–Kier alpha value is -2.69. The number of nitrogens with zero attached hydrogens (tertiary/aromatic N) is 2. The summed E-state index contributed by atoms with van der Waals surface area (Å²) in [5.74, 6) is 0.235. The summed E-state index contributed by atoms with van der Waals surface area (Å²) in [5, 5.41) is 0.429. The highest BCUT2D eigenvalue weighted by Gasteiger charge is 2.30. The molecule has 1 saturated heterocycles. The predicted molar refractivity (Wildman–Crippen MR) is 125 cm³/mol. The van der Waals surface area contributed by atoms with Crippen molar-refractivity contribution >= 4 is 45.1 Å². The Balaban J connectivity index is 1.60. The molecule has 3 heterocycles. The van der Waals surface area contributed by atoms with Gasteiger partial charge in [-0.15, -0.1) is 23.1 Å². The zero-order chi connectivity index (χ0) is 23.0. The van der Waals surface area contributed by atoms with Crippen molar-refractivity contribution in [3.63, 3.8) is 0 Å². The smallest absolute Gasteiger partial charge is 0.264 e. The van der Waals surface area contributed by atoms with Gasteiger partial charge < -0.3 is 20.4 Å². The zero-order valence-corrected chi connectivity index (χ0v) is 19.7. The number of carbonyl (C=O) groups is 2. The fourth-order valence-corrected chi connectivity index (χ4v) is 5.78. The first-order valence-corrected chi connectivity index (χ1v) is 12.0. The number of amides is 2. The molecule has 3 N–H and O–H groups in total. The Bertz CT molecular complexity index is 1270. The van der Waals surface area contributed by atoms with Crippen molar-refractivity contribution in [2.75, 3.05) is 19.7 Å². The van der Waals surface area contributed by atoms with Crippen LogP contribution in [0, 0.1) is 20.8 Å². The number of hydrogen-bond acceptors (Lipinski definition) is 7. The van der Waals surface area contributed by atoms with Crippen LogP contribution in [0.3, 0.4) is 0 Å². The molecule has 0 radical (unpaired) electrons. The number of aromatic amines is 1. The lowest BCUT2D eigenvalue weighted by molar-refractivity contribution is -0.133. The van der Waals surface area contributed by atoms with Crippen LogP contribution < -0.4 is 11.3 Å². The van der Waals surface area contributed by atoms with E-state index in [1.807, 2.05) is 6.92 Å². The number of nitrogens with two attached hydrogens (primary N) is 1. The number of thiophene rings is 1. The van der Waals surface area contributed by atoms with E-state index in [4.69, 9.17) is 10.5 Å². The van der Waals surface area contributed by atoms with E-state index >= 15 is 0 Å². The molecule has 8 nitrogen and oxygen atoms in total. The molecule has 2 aromatic heterocycles. The van der Waals surface area contributed by atoms with Crippen LogP contribution in [0.25, 0.3) is 10.2 Å². The molecule has 1 unspecified atom stereocenters. The SMILES string of the molecule is Cc1ccc(C)c(SCc2nc3sc(C(=O)N4CCOC(C(N)=O)C4)c(C)c3c(=O)[nH]2)c1. The minimum atomic E-state index is -0.822. The zero-order valence-electron chi connectivity index (χ0n) is 18.1. The van der Waals surface area contributed by atoms with E-state index in [0.29, 0.717) is 38.8 Å². The second-order valence-electron chi connectivity index (χ2n) is 7.82. The highest BCUT2D eigenvalue weighted by atomic mass is 32.2. The van der Waals surface area contributed by atoms with Crippen LogP contribution in [0.1, 0.15) is 32.2 Å². The van der Waals surface area contributed by atoms with Crippen molar-refractivity contribution in [3.05, 3.63) is 55.9 Å². The molecular weight excluding hydrogens is 448 g/mol. The first-order valence-electron chi connectivity index (χ1n) is 10.2. The van der Waals surface area contributed by atoms with Gasteiger partial charge in [-0.1, -0.05) is 17.7 Å². The minimum Gasteiger partial charge on any atom is -0.367 e. The summed E-state index contributed by atoms with van der Waals surface area (Å²) in [4.78, 5) is 48.5. The number of morpholine rings is 1. The van der Waals surface area contributed by atoms with Crippen molar-refractivity contribution in [3.8, 4) is 0 Å². The normalized spacial score (nSPS) is 16.5. The van der Waals surface area contributed by atoms with E-state index in [1.165, 1.54) is 22.5 Å². The molecule has 0 saturated carbocycles. The van der Waals surface area contributed by atoms with Crippen LogP contribution in [0.15, 0.2) is 27.9 Å². The molecule has 0 bridgehead atoms. The number of carbonyl (C=O) groups excluding carboxylic acids is 2. The number of rotatable bonds is 5. The number of primary amides is 1. The third-order valence-corrected chi connectivity index (χ3v) is 7.77. The molecule has 1 aliphatic rings. The Morgan fingerprint density at radius 3 is 2.88 bits per heavy atom. The molecular formula is C22H24N4O4S2. The number of H-pyrrole nitrogens is 1. The molecule has 32 heavy (non-hydrogen) atoms. The Kier molecular flexibility index (Phi) is 6.36. The lowest BCUT2D eigenvalue weighted by Crippen LogP contribution is -2.50. The Morgan fingerprint density at radius 2 is 2.12 bits per heavy atom. The average Bonchev–Trinajstić information content (AvgIpc) is 3.10. The maximum Gasteiger partial charge on any atom is 0.264 e. The van der Waals surface area contributed by atoms with Crippen molar-refractivity contribution in [2.24, 2.45) is 5.73 Å². The molecule has 0 spiro atoms. The maximum absolute atomic E-state index is 13.1. The summed E-state index contributed by atoms with van der Waals surface area (Å²) in [6, 6.07) is 6.26. The number of hydrogen-bond donors (Lipinski definition) is 2. The summed E-state index contributed by atoms with van der Waals surface area (Å²) in [6.07, 6.45) is -0.822. The van der Waals surface area contributed by atoms with Gasteiger partial charge in [0.2, 0.25) is 5.91 Å². The van der Waals surface area contributed by atoms with Gasteiger partial charge in [-0.3, -0.25) is 14.4 Å². The molecule has 3 aromatic rings. The van der Waals surface area contributed by atoms with Gasteiger partial charge in [0.05, 0.1) is 29.2 Å². The minimum absolute atomic E-state index is 0.101. The molecule has 1 aromatic carbocycles. The summed E-state index contributed by atoms with van der Waals surface area (Å²) in [7, 11) is 0. The molecule has 168 valence electrons. The first kappa shape index (κ1) is 22.5. The molecule has 1 atom stereocenters. The lowest BCUT2D eigenvalue weighted by Gasteiger charge is -2.31. The largest absolute Gasteiger partial charge is 0.367 e. The molecule has 0 aliphatic carbocycles. The van der Waals surface area contributed by atoms with E-state index in [9.17, 15) is 14.4 Å². The molecule has 1 aliphatic heterocycles. The van der Waals surface area contributed by atoms with Gasteiger partial charge in [-0.25, -0.2) is 4.98 Å². The summed E-state index contributed by atoms with van der Waals surface area (Å²) >= 11 is 2.82. The van der Waals surface area contributed by atoms with Crippen LogP contribution in [0.5, 0.6) is 0 Å². The lowest BCUT2D eigenvalue weighted by atomic mass is 10.2. The maximum atomic E-state index is 13.1. The van der Waals surface area contributed by atoms with Gasteiger partial charge in [-0.05, 0) is 38.0 Å². The van der Waals surface area contributed by atoms with Crippen LogP contribution >= 0.6 is 23.1 Å². The number of fused-ring (bicyclic) bond motifs is 1. The quantitative estimate of drug-likeness (QED) is 0.551. The second-order valence-corrected chi connectivity index (χ2v) is 9.84. The van der Waals surface area contributed by atoms with Crippen molar-refractivity contribution in [1.29, 1.82) is 0 Å². The Labute approximate surface area is 193 Å². The van der Waals surface area contributed by atoms with E-state index in [-0.39, 0.29) is 24.6 Å². The number of benzene rings is 1. The van der Waals surface area contributed by atoms with E-state index < -0.39 is 12.0 Å². The summed E-state index contributed by atoms with van der Waals surface area (Å²) in [6.45, 7) is 6.54. The number of thioether (sulfide) groups is 1. The molecule has 2 amide bonds. The van der Waals surface area contributed by atoms with Gasteiger partial charge >= 0.3 is 0 Å². The van der Waals surface area contributed by atoms with Gasteiger partial charge in [0.15, 0.2) is 6.10 Å². The fourth-order valence-electron chi connectivity index (χ4n) is 3.62. The third kappa shape index (κ3) is 4.43. The van der Waals surface area contributed by atoms with Gasteiger partial charge in [0.1, 0.15) is 10.7 Å². The van der Waals surface area contributed by atoms with E-state index in [2.05, 4.69) is 35.1 Å². The van der Waals surface area contributed by atoms with Crippen molar-refractivity contribution in [2.45, 2.75) is 37.5 Å². The van der Waals surface area contributed by atoms with E-state index in [0.717, 1.165) is 4.90 Å². The van der Waals surface area contributed by atoms with Crippen LogP contribution in [0.4, 0.5) is 0 Å². The highest BCUT2D eigenvalue weighted by Crippen LogP contribution is 2.30. The van der Waals surface area contributed by atoms with Crippen molar-refractivity contribution in [1.82, 2.24) is 14.9 Å². The standard InChI is InChI=1S/C22H24N4O4S2/c1-11-4-5-12(2)15(8-11)31-10-16-24-20(28)17-13(3)18(32-21(17)25-16)22(29)26-6-7-30-14(9-26)19(23)27/h4-5,8,14H,6-7,9-10H2,1-3H3,(H2,23,27)(H,24,25,28). The van der Waals surface area contributed by atoms with Crippen molar-refractivity contribution < 1.29 is 14.3 Å². The second kappa shape index (κ2) is 9.05. The molecule has 1 fully saturated rings. The van der Waals surface area contributed by atoms with Gasteiger partial charge in [-0.2, -0.15) is 0 Å². The third-order valence-electron chi connectivity index (χ3n) is 5.42. The molecule has 4 rings (SSSR count). The highest BCUT2D eigenvalue weighted by molar-refractivity contribution is 7.98. The van der Waals surface area contributed by atoms with Crippen LogP contribution in [-0.2, 0) is 15.3 Å². The number of nitrogens with one attached hydrogen (secondary N) is 1. The number of aromatic nitrogens is 2. The monoisotopic (exact) mass is 472 g/mol. The number of ether oxygens (including phenoxy) is 1. The topological polar surface area (TPSA) is 118 Å². The average molecular weight is 473 g/mol. The summed E-state index contributed by atoms with van der Waals surface area (Å²) < 4.78 is 5.32. The Morgan fingerprint density at radius 1 is 1.34 bits per heavy atom. The van der Waals surface area contributed by atoms with Crippen LogP contribution in [-0.4, -0.2) is 52.5 Å². The summed E-state index contributed by atoms with van der Waals surface area (Å²) in [5.41, 5.74) is 8.02. The van der Waals surface area contributed by atoms with E-state index in [1.54, 1.807) is 23.6 Å². The van der Waals surface area contributed by atoms with Gasteiger partial charge in [0.25, 0.3) is 11.5 Å². The predicted octanol–water partition coefficient (Wildman–Crippen LogP) is 2.53. The fraction of sp³-hybridized carbons (Fsp3) is 0.364. The molecule has 10 heteroatoms. The van der Waals surface area contributed by atoms with Gasteiger partial charge in [0, 0.05) is 11.4 Å².